The summed E-state index contributed by atoms with van der Waals surface area (Å²) in [5.41, 5.74) is 1.68. The summed E-state index contributed by atoms with van der Waals surface area (Å²) in [6.45, 7) is 5.96. The third-order valence-corrected chi connectivity index (χ3v) is 2.55. The highest BCUT2D eigenvalue weighted by Gasteiger charge is 2.02. The van der Waals surface area contributed by atoms with E-state index in [1.807, 2.05) is 32.2 Å². The van der Waals surface area contributed by atoms with Crippen LogP contribution in [0.15, 0.2) is 11.0 Å². The summed E-state index contributed by atoms with van der Waals surface area (Å²) in [4.78, 5) is 14.9. The van der Waals surface area contributed by atoms with Gasteiger partial charge in [0, 0.05) is 5.38 Å². The Morgan fingerprint density at radius 1 is 1.62 bits per heavy atom. The Morgan fingerprint density at radius 3 is 2.69 bits per heavy atom. The lowest BCUT2D eigenvalue weighted by atomic mass is 10.0. The molecule has 0 aromatic carbocycles. The lowest BCUT2D eigenvalue weighted by Gasteiger charge is -2.01. The minimum absolute atomic E-state index is 0.263. The monoisotopic (exact) mass is 195 g/mol. The van der Waals surface area contributed by atoms with Crippen LogP contribution < -0.4 is 0 Å². The van der Waals surface area contributed by atoms with E-state index in [1.54, 1.807) is 11.3 Å². The average molecular weight is 195 g/mol. The van der Waals surface area contributed by atoms with Gasteiger partial charge >= 0.3 is 0 Å². The molecule has 70 valence electrons. The molecule has 13 heavy (non-hydrogen) atoms. The first-order valence-electron chi connectivity index (χ1n) is 4.22. The van der Waals surface area contributed by atoms with Crippen LogP contribution in [-0.4, -0.2) is 11.3 Å². The standard InChI is InChI=1S/C10H13NOS/c1-7(2)9(5-12)4-10-6-13-8(3)11-10/h4-7H,1-3H3. The van der Waals surface area contributed by atoms with Gasteiger partial charge in [-0.1, -0.05) is 13.8 Å². The maximum atomic E-state index is 10.7. The minimum Gasteiger partial charge on any atom is -0.298 e. The van der Waals surface area contributed by atoms with E-state index in [1.165, 1.54) is 0 Å². The van der Waals surface area contributed by atoms with Crippen molar-refractivity contribution in [1.29, 1.82) is 0 Å². The fourth-order valence-electron chi connectivity index (χ4n) is 0.954. The first-order chi connectivity index (χ1) is 6.13. The zero-order valence-electron chi connectivity index (χ0n) is 8.07. The third kappa shape index (κ3) is 2.77. The molecule has 1 rings (SSSR count). The van der Waals surface area contributed by atoms with Crippen LogP contribution in [0.2, 0.25) is 0 Å². The van der Waals surface area contributed by atoms with Crippen LogP contribution >= 0.6 is 11.3 Å². The van der Waals surface area contributed by atoms with Gasteiger partial charge < -0.3 is 0 Å². The Bertz CT molecular complexity index is 325. The van der Waals surface area contributed by atoms with E-state index in [9.17, 15) is 4.79 Å². The summed E-state index contributed by atoms with van der Waals surface area (Å²) < 4.78 is 0. The van der Waals surface area contributed by atoms with Crippen molar-refractivity contribution in [2.75, 3.05) is 0 Å². The molecule has 0 spiro atoms. The van der Waals surface area contributed by atoms with E-state index in [-0.39, 0.29) is 5.92 Å². The highest BCUT2D eigenvalue weighted by Crippen LogP contribution is 2.14. The number of thiazole rings is 1. The predicted molar refractivity (Wildman–Crippen MR) is 55.7 cm³/mol. The van der Waals surface area contributed by atoms with Crippen molar-refractivity contribution in [3.8, 4) is 0 Å². The van der Waals surface area contributed by atoms with Crippen LogP contribution in [0.1, 0.15) is 24.5 Å². The molecule has 0 unspecified atom stereocenters. The second kappa shape index (κ2) is 4.33. The van der Waals surface area contributed by atoms with Gasteiger partial charge in [-0.05, 0) is 24.5 Å². The molecule has 0 atom stereocenters. The van der Waals surface area contributed by atoms with E-state index in [0.29, 0.717) is 0 Å². The van der Waals surface area contributed by atoms with E-state index in [2.05, 4.69) is 4.98 Å². The molecule has 0 bridgehead atoms. The maximum Gasteiger partial charge on any atom is 0.146 e. The zero-order valence-corrected chi connectivity index (χ0v) is 8.89. The van der Waals surface area contributed by atoms with Gasteiger partial charge in [-0.25, -0.2) is 4.98 Å². The number of nitrogens with zero attached hydrogens (tertiary/aromatic N) is 1. The maximum absolute atomic E-state index is 10.7. The SMILES string of the molecule is Cc1nc(C=C(C=O)C(C)C)cs1. The van der Waals surface area contributed by atoms with Gasteiger partial charge in [-0.2, -0.15) is 0 Å². The minimum atomic E-state index is 0.263. The van der Waals surface area contributed by atoms with E-state index < -0.39 is 0 Å². The molecule has 2 nitrogen and oxygen atoms in total. The highest BCUT2D eigenvalue weighted by atomic mass is 32.1. The molecule has 0 fully saturated rings. The molecular formula is C10H13NOS. The molecule has 0 aliphatic heterocycles. The number of carbonyl (C=O) groups excluding carboxylic acids is 1. The number of carbonyl (C=O) groups is 1. The van der Waals surface area contributed by atoms with Crippen molar-refractivity contribution in [1.82, 2.24) is 4.98 Å². The molecule has 0 saturated heterocycles. The van der Waals surface area contributed by atoms with E-state index in [4.69, 9.17) is 0 Å². The van der Waals surface area contributed by atoms with Crippen LogP contribution in [-0.2, 0) is 4.79 Å². The highest BCUT2D eigenvalue weighted by molar-refractivity contribution is 7.09. The zero-order chi connectivity index (χ0) is 9.84. The average Bonchev–Trinajstić information content (AvgIpc) is 2.46. The van der Waals surface area contributed by atoms with Gasteiger partial charge in [0.05, 0.1) is 10.7 Å². The second-order valence-corrected chi connectivity index (χ2v) is 4.27. The van der Waals surface area contributed by atoms with Gasteiger partial charge in [-0.15, -0.1) is 11.3 Å². The van der Waals surface area contributed by atoms with Crippen LogP contribution in [0, 0.1) is 12.8 Å². The summed E-state index contributed by atoms with van der Waals surface area (Å²) in [5.74, 6) is 0.263. The number of aryl methyl sites for hydroxylation is 1. The number of aldehydes is 1. The number of hydrogen-bond acceptors (Lipinski definition) is 3. The molecular weight excluding hydrogens is 182 g/mol. The Kier molecular flexibility index (Phi) is 3.37. The van der Waals surface area contributed by atoms with Crippen molar-refractivity contribution in [3.63, 3.8) is 0 Å². The summed E-state index contributed by atoms with van der Waals surface area (Å²) in [5, 5.41) is 2.99. The summed E-state index contributed by atoms with van der Waals surface area (Å²) in [7, 11) is 0. The molecule has 0 radical (unpaired) electrons. The Balaban J connectivity index is 2.91. The van der Waals surface area contributed by atoms with Gasteiger partial charge in [0.25, 0.3) is 0 Å². The molecule has 0 N–H and O–H groups in total. The smallest absolute Gasteiger partial charge is 0.146 e. The first kappa shape index (κ1) is 10.1. The molecule has 1 aromatic rings. The number of aromatic nitrogens is 1. The van der Waals surface area contributed by atoms with Crippen molar-refractivity contribution in [2.24, 2.45) is 5.92 Å². The molecule has 1 heterocycles. The van der Waals surface area contributed by atoms with E-state index in [0.717, 1.165) is 22.6 Å². The summed E-state index contributed by atoms with van der Waals surface area (Å²) in [6, 6.07) is 0. The number of hydrogen-bond donors (Lipinski definition) is 0. The Morgan fingerprint density at radius 2 is 2.31 bits per heavy atom. The lowest BCUT2D eigenvalue weighted by Crippen LogP contribution is -1.94. The van der Waals surface area contributed by atoms with Crippen molar-refractivity contribution in [3.05, 3.63) is 21.7 Å². The molecule has 3 heteroatoms. The van der Waals surface area contributed by atoms with Gasteiger partial charge in [0.15, 0.2) is 0 Å². The lowest BCUT2D eigenvalue weighted by molar-refractivity contribution is -0.105. The van der Waals surface area contributed by atoms with Crippen LogP contribution in [0.4, 0.5) is 0 Å². The third-order valence-electron chi connectivity index (χ3n) is 1.75. The predicted octanol–water partition coefficient (Wildman–Crippen LogP) is 2.69. The van der Waals surface area contributed by atoms with Crippen LogP contribution in [0.3, 0.4) is 0 Å². The first-order valence-corrected chi connectivity index (χ1v) is 5.10. The second-order valence-electron chi connectivity index (χ2n) is 3.21. The van der Waals surface area contributed by atoms with Crippen LogP contribution in [0.25, 0.3) is 6.08 Å². The molecule has 0 aliphatic carbocycles. The largest absolute Gasteiger partial charge is 0.298 e. The molecule has 0 amide bonds. The van der Waals surface area contributed by atoms with Gasteiger partial charge in [0.2, 0.25) is 0 Å². The van der Waals surface area contributed by atoms with E-state index >= 15 is 0 Å². The molecule has 0 aliphatic rings. The molecule has 0 saturated carbocycles. The van der Waals surface area contributed by atoms with Crippen molar-refractivity contribution >= 4 is 23.7 Å². The summed E-state index contributed by atoms with van der Waals surface area (Å²) >= 11 is 1.60. The van der Waals surface area contributed by atoms with Crippen molar-refractivity contribution < 1.29 is 4.79 Å². The van der Waals surface area contributed by atoms with Crippen molar-refractivity contribution in [2.45, 2.75) is 20.8 Å². The molecule has 1 aromatic heterocycles. The van der Waals surface area contributed by atoms with Gasteiger partial charge in [0.1, 0.15) is 6.29 Å². The quantitative estimate of drug-likeness (QED) is 0.548. The van der Waals surface area contributed by atoms with Gasteiger partial charge in [-0.3, -0.25) is 4.79 Å². The Hall–Kier alpha value is -0.960. The number of rotatable bonds is 3. The van der Waals surface area contributed by atoms with Crippen LogP contribution in [0.5, 0.6) is 0 Å². The topological polar surface area (TPSA) is 30.0 Å². The normalized spacial score (nSPS) is 12.2. The number of allylic oxidation sites excluding steroid dienone is 1. The summed E-state index contributed by atoms with van der Waals surface area (Å²) in [6.07, 6.45) is 2.75. The fourth-order valence-corrected chi connectivity index (χ4v) is 1.52. The Labute approximate surface area is 82.3 Å². The fraction of sp³-hybridized carbons (Fsp3) is 0.400.